The number of rotatable bonds is 14. The summed E-state index contributed by atoms with van der Waals surface area (Å²) in [6.07, 6.45) is 1.69. The van der Waals surface area contributed by atoms with Crippen LogP contribution in [-0.2, 0) is 37.1 Å². The van der Waals surface area contributed by atoms with Gasteiger partial charge < -0.3 is 28.2 Å². The molecule has 3 heterocycles. The molecular formula is C31H38N4O8S2. The first-order valence-electron chi connectivity index (χ1n) is 14.5. The smallest absolute Gasteiger partial charge is 0.205 e. The molecule has 1 aliphatic heterocycles. The van der Waals surface area contributed by atoms with E-state index in [1.54, 1.807) is 30.0 Å². The lowest BCUT2D eigenvalue weighted by Gasteiger charge is -2.26. The lowest BCUT2D eigenvalue weighted by Crippen LogP contribution is -2.38. The summed E-state index contributed by atoms with van der Waals surface area (Å²) in [6, 6.07) is 10.6. The second kappa shape index (κ2) is 15.3. The van der Waals surface area contributed by atoms with E-state index in [2.05, 4.69) is 14.9 Å². The Balaban J connectivity index is 1.47. The molecule has 0 radical (unpaired) electrons. The number of morpholine rings is 1. The maximum Gasteiger partial charge on any atom is 0.205 e. The molecule has 5 rings (SSSR count). The van der Waals surface area contributed by atoms with Crippen molar-refractivity contribution >= 4 is 32.9 Å². The highest BCUT2D eigenvalue weighted by atomic mass is 32.2. The van der Waals surface area contributed by atoms with Gasteiger partial charge in [-0.05, 0) is 38.1 Å². The van der Waals surface area contributed by atoms with Crippen LogP contribution in [-0.4, -0.2) is 99.3 Å². The maximum atomic E-state index is 14.1. The van der Waals surface area contributed by atoms with Crippen molar-refractivity contribution in [3.63, 3.8) is 0 Å². The summed E-state index contributed by atoms with van der Waals surface area (Å²) in [6.45, 7) is 9.15. The Hall–Kier alpha value is -3.40. The lowest BCUT2D eigenvalue weighted by molar-refractivity contribution is 0.0170. The summed E-state index contributed by atoms with van der Waals surface area (Å²) in [4.78, 5) is 11.5. The second-order valence-electron chi connectivity index (χ2n) is 10.4. The number of para-hydroxylation sites is 2. The molecule has 0 aliphatic carbocycles. The molecule has 2 aromatic carbocycles. The molecule has 0 bridgehead atoms. The fraction of sp³-hybridized carbons (Fsp3) is 0.419. The zero-order valence-corrected chi connectivity index (χ0v) is 27.4. The Kier molecular flexibility index (Phi) is 11.2. The van der Waals surface area contributed by atoms with Crippen molar-refractivity contribution in [1.82, 2.24) is 19.4 Å². The average molecular weight is 659 g/mol. The van der Waals surface area contributed by atoms with E-state index in [4.69, 9.17) is 23.7 Å². The van der Waals surface area contributed by atoms with Crippen LogP contribution in [0.25, 0.3) is 16.7 Å². The van der Waals surface area contributed by atoms with E-state index in [0.29, 0.717) is 41.6 Å². The summed E-state index contributed by atoms with van der Waals surface area (Å²) in [5.74, 6) is 1.44. The van der Waals surface area contributed by atoms with Crippen LogP contribution in [0.4, 0.5) is 0 Å². The van der Waals surface area contributed by atoms with Gasteiger partial charge in [0.05, 0.1) is 74.1 Å². The number of imidazole rings is 1. The van der Waals surface area contributed by atoms with Crippen molar-refractivity contribution in [1.29, 1.82) is 0 Å². The zero-order chi connectivity index (χ0) is 31.9. The van der Waals surface area contributed by atoms with Gasteiger partial charge in [0, 0.05) is 37.0 Å². The number of hydrogen-bond donors (Lipinski definition) is 1. The highest BCUT2D eigenvalue weighted by molar-refractivity contribution is 7.84. The molecule has 1 aliphatic rings. The summed E-state index contributed by atoms with van der Waals surface area (Å²) in [5, 5.41) is 0.170. The summed E-state index contributed by atoms with van der Waals surface area (Å²) >= 11 is -2.43. The van der Waals surface area contributed by atoms with E-state index in [1.807, 2.05) is 38.1 Å². The van der Waals surface area contributed by atoms with Gasteiger partial charge >= 0.3 is 0 Å². The second-order valence-corrected chi connectivity index (χ2v) is 12.6. The molecule has 1 saturated heterocycles. The Bertz CT molecular complexity index is 1690. The Morgan fingerprint density at radius 2 is 1.76 bits per heavy atom. The molecular weight excluding hydrogens is 620 g/mol. The number of methoxy groups -OCH3 is 2. The largest absolute Gasteiger partial charge is 0.496 e. The standard InChI is InChI=1S/C31H38N4O8S2/c1-21-19-32-23(22(2)29(21)40-4)20-44(36)31-33-28-25(9-10-27(39-3)30(28)45(37)38)35(31)24-7-5-6-8-26(24)43-18-17-42-16-13-34-11-14-41-15-12-34/h5-10,19H,11-18,20H2,1-4H3,(H,37,38). The average Bonchev–Trinajstić information content (AvgIpc) is 3.44. The first kappa shape index (κ1) is 33.0. The van der Waals surface area contributed by atoms with Crippen molar-refractivity contribution < 1.29 is 36.7 Å². The van der Waals surface area contributed by atoms with Crippen LogP contribution in [0.5, 0.6) is 17.2 Å². The van der Waals surface area contributed by atoms with E-state index < -0.39 is 21.9 Å². The van der Waals surface area contributed by atoms with Gasteiger partial charge in [-0.1, -0.05) is 12.1 Å². The normalized spacial score (nSPS) is 15.2. The number of pyridine rings is 1. The van der Waals surface area contributed by atoms with Crippen LogP contribution in [0.1, 0.15) is 16.8 Å². The molecule has 12 nitrogen and oxygen atoms in total. The van der Waals surface area contributed by atoms with Gasteiger partial charge in [0.15, 0.2) is 11.1 Å². The zero-order valence-electron chi connectivity index (χ0n) is 25.8. The SMILES string of the molecule is COc1ccc2c(nc(S(=O)Cc3ncc(C)c(OC)c3C)n2-c2ccccc2OCCOCCN2CCOCC2)c1S(=O)O. The molecule has 1 N–H and O–H groups in total. The summed E-state index contributed by atoms with van der Waals surface area (Å²) in [7, 11) is 1.27. The number of aryl methyl sites for hydroxylation is 1. The van der Waals surface area contributed by atoms with Gasteiger partial charge in [-0.2, -0.15) is 0 Å². The van der Waals surface area contributed by atoms with Crippen LogP contribution in [0.2, 0.25) is 0 Å². The minimum absolute atomic E-state index is 0.00891. The topological polar surface area (TPSA) is 134 Å². The molecule has 0 spiro atoms. The van der Waals surface area contributed by atoms with Crippen LogP contribution in [0, 0.1) is 13.8 Å². The van der Waals surface area contributed by atoms with Crippen LogP contribution >= 0.6 is 0 Å². The van der Waals surface area contributed by atoms with Crippen molar-refractivity contribution in [2.75, 3.05) is 66.9 Å². The third-order valence-electron chi connectivity index (χ3n) is 7.58. The fourth-order valence-electron chi connectivity index (χ4n) is 5.29. The molecule has 1 fully saturated rings. The molecule has 0 saturated carbocycles. The predicted octanol–water partition coefficient (Wildman–Crippen LogP) is 3.67. The highest BCUT2D eigenvalue weighted by Gasteiger charge is 2.26. The number of hydrogen-bond acceptors (Lipinski definition) is 10. The van der Waals surface area contributed by atoms with E-state index >= 15 is 0 Å². The van der Waals surface area contributed by atoms with E-state index in [9.17, 15) is 13.0 Å². The molecule has 2 aromatic heterocycles. The summed E-state index contributed by atoms with van der Waals surface area (Å²) < 4.78 is 66.9. The Morgan fingerprint density at radius 3 is 2.49 bits per heavy atom. The van der Waals surface area contributed by atoms with Gasteiger partial charge in [0.2, 0.25) is 5.16 Å². The number of benzene rings is 2. The number of fused-ring (bicyclic) bond motifs is 1. The third-order valence-corrected chi connectivity index (χ3v) is 9.54. The van der Waals surface area contributed by atoms with Gasteiger partial charge in [-0.25, -0.2) is 9.19 Å². The molecule has 2 unspecified atom stereocenters. The number of aromatic nitrogens is 3. The molecule has 45 heavy (non-hydrogen) atoms. The Morgan fingerprint density at radius 1 is 0.978 bits per heavy atom. The monoisotopic (exact) mass is 658 g/mol. The van der Waals surface area contributed by atoms with Gasteiger partial charge in [-0.3, -0.25) is 18.7 Å². The van der Waals surface area contributed by atoms with E-state index in [-0.39, 0.29) is 33.7 Å². The Labute approximate surface area is 267 Å². The minimum atomic E-state index is -2.43. The maximum absolute atomic E-state index is 14.1. The van der Waals surface area contributed by atoms with E-state index in [1.165, 1.54) is 7.11 Å². The van der Waals surface area contributed by atoms with Gasteiger partial charge in [0.25, 0.3) is 0 Å². The van der Waals surface area contributed by atoms with Crippen LogP contribution in [0.3, 0.4) is 0 Å². The predicted molar refractivity (Wildman–Crippen MR) is 171 cm³/mol. The third kappa shape index (κ3) is 7.37. The van der Waals surface area contributed by atoms with Crippen molar-refractivity contribution in [3.05, 3.63) is 59.4 Å². The number of ether oxygens (including phenoxy) is 5. The lowest BCUT2D eigenvalue weighted by atomic mass is 10.1. The van der Waals surface area contributed by atoms with Crippen molar-refractivity contribution in [2.45, 2.75) is 29.7 Å². The fourth-order valence-corrected chi connectivity index (χ4v) is 7.20. The summed E-state index contributed by atoms with van der Waals surface area (Å²) in [5.41, 5.74) is 3.49. The highest BCUT2D eigenvalue weighted by Crippen LogP contribution is 2.36. The first-order chi connectivity index (χ1) is 21.8. The molecule has 4 aromatic rings. The van der Waals surface area contributed by atoms with Gasteiger partial charge in [-0.15, -0.1) is 0 Å². The first-order valence-corrected chi connectivity index (χ1v) is 16.9. The van der Waals surface area contributed by atoms with Crippen molar-refractivity contribution in [2.24, 2.45) is 0 Å². The van der Waals surface area contributed by atoms with E-state index in [0.717, 1.165) is 44.0 Å². The molecule has 242 valence electrons. The minimum Gasteiger partial charge on any atom is -0.496 e. The molecule has 2 atom stereocenters. The van der Waals surface area contributed by atoms with Crippen molar-refractivity contribution in [3.8, 4) is 22.9 Å². The van der Waals surface area contributed by atoms with Crippen LogP contribution < -0.4 is 14.2 Å². The van der Waals surface area contributed by atoms with Crippen LogP contribution in [0.15, 0.2) is 52.6 Å². The molecule has 0 amide bonds. The number of nitrogens with zero attached hydrogens (tertiary/aromatic N) is 4. The molecule has 14 heteroatoms. The van der Waals surface area contributed by atoms with Gasteiger partial charge in [0.1, 0.15) is 34.3 Å². The quantitative estimate of drug-likeness (QED) is 0.157.